The van der Waals surface area contributed by atoms with Crippen molar-refractivity contribution in [3.05, 3.63) is 89.9 Å². The molecule has 184 valence electrons. The van der Waals surface area contributed by atoms with Gasteiger partial charge in [-0.15, -0.1) is 0 Å². The fourth-order valence-corrected chi connectivity index (χ4v) is 5.44. The predicted octanol–water partition coefficient (Wildman–Crippen LogP) is 5.67. The number of piperidine rings is 2. The first-order valence-corrected chi connectivity index (χ1v) is 13.0. The molecule has 3 aromatic rings. The third-order valence-corrected chi connectivity index (χ3v) is 7.40. The zero-order valence-corrected chi connectivity index (χ0v) is 20.5. The number of hydrogen-bond acceptors (Lipinski definition) is 4. The van der Waals surface area contributed by atoms with Gasteiger partial charge in [-0.05, 0) is 86.5 Å². The molecular weight excluding hydrogens is 436 g/mol. The Morgan fingerprint density at radius 3 is 2.51 bits per heavy atom. The van der Waals surface area contributed by atoms with E-state index in [2.05, 4.69) is 53.4 Å². The SMILES string of the molecule is O=C(c1ccco1)N1CCCC(COc2cccc(CN3CCC(Cc4ccccc4)CC3)c2)C1. The number of benzene rings is 2. The molecule has 2 aliphatic heterocycles. The maximum Gasteiger partial charge on any atom is 0.289 e. The predicted molar refractivity (Wildman–Crippen MR) is 137 cm³/mol. The van der Waals surface area contributed by atoms with E-state index in [4.69, 9.17) is 9.15 Å². The molecule has 1 amide bonds. The van der Waals surface area contributed by atoms with Crippen LogP contribution in [0.2, 0.25) is 0 Å². The van der Waals surface area contributed by atoms with Gasteiger partial charge < -0.3 is 14.1 Å². The molecule has 0 saturated carbocycles. The number of hydrogen-bond donors (Lipinski definition) is 0. The van der Waals surface area contributed by atoms with Crippen LogP contribution in [0, 0.1) is 11.8 Å². The first kappa shape index (κ1) is 23.7. The summed E-state index contributed by atoms with van der Waals surface area (Å²) in [5.74, 6) is 2.46. The van der Waals surface area contributed by atoms with Crippen molar-refractivity contribution in [1.29, 1.82) is 0 Å². The Bertz CT molecular complexity index is 1060. The highest BCUT2D eigenvalue weighted by atomic mass is 16.5. The normalized spacial score (nSPS) is 19.5. The Kier molecular flexibility index (Phi) is 7.84. The van der Waals surface area contributed by atoms with Crippen molar-refractivity contribution in [1.82, 2.24) is 9.80 Å². The number of nitrogens with zero attached hydrogens (tertiary/aromatic N) is 2. The van der Waals surface area contributed by atoms with E-state index in [1.165, 1.54) is 30.4 Å². The van der Waals surface area contributed by atoms with Gasteiger partial charge in [0.1, 0.15) is 5.75 Å². The average molecular weight is 473 g/mol. The lowest BCUT2D eigenvalue weighted by Gasteiger charge is -2.32. The third-order valence-electron chi connectivity index (χ3n) is 7.40. The third kappa shape index (κ3) is 6.55. The van der Waals surface area contributed by atoms with Gasteiger partial charge in [-0.1, -0.05) is 42.5 Å². The number of likely N-dealkylation sites (tertiary alicyclic amines) is 2. The van der Waals surface area contributed by atoms with Gasteiger partial charge in [-0.3, -0.25) is 9.69 Å². The Balaban J connectivity index is 1.07. The van der Waals surface area contributed by atoms with E-state index in [1.807, 2.05) is 11.0 Å². The zero-order valence-electron chi connectivity index (χ0n) is 20.5. The second-order valence-corrected chi connectivity index (χ2v) is 10.1. The monoisotopic (exact) mass is 472 g/mol. The van der Waals surface area contributed by atoms with Crippen LogP contribution >= 0.6 is 0 Å². The van der Waals surface area contributed by atoms with Crippen LogP contribution in [-0.2, 0) is 13.0 Å². The summed E-state index contributed by atoms with van der Waals surface area (Å²) in [6.07, 6.45) is 7.36. The highest BCUT2D eigenvalue weighted by Crippen LogP contribution is 2.25. The summed E-state index contributed by atoms with van der Waals surface area (Å²) in [5, 5.41) is 0. The molecule has 0 radical (unpaired) electrons. The van der Waals surface area contributed by atoms with Gasteiger partial charge >= 0.3 is 0 Å². The van der Waals surface area contributed by atoms with Gasteiger partial charge in [0.25, 0.3) is 5.91 Å². The molecular formula is C30H36N2O3. The molecule has 0 bridgehead atoms. The molecule has 35 heavy (non-hydrogen) atoms. The topological polar surface area (TPSA) is 45.9 Å². The van der Waals surface area contributed by atoms with E-state index in [9.17, 15) is 4.79 Å². The van der Waals surface area contributed by atoms with Crippen LogP contribution in [0.1, 0.15) is 47.4 Å². The summed E-state index contributed by atoms with van der Waals surface area (Å²) in [7, 11) is 0. The van der Waals surface area contributed by atoms with Gasteiger partial charge in [-0.25, -0.2) is 0 Å². The molecule has 1 unspecified atom stereocenters. The fourth-order valence-electron chi connectivity index (χ4n) is 5.44. The van der Waals surface area contributed by atoms with Crippen LogP contribution in [0.3, 0.4) is 0 Å². The molecule has 1 atom stereocenters. The molecule has 0 aliphatic carbocycles. The van der Waals surface area contributed by atoms with Crippen LogP contribution < -0.4 is 4.74 Å². The summed E-state index contributed by atoms with van der Waals surface area (Å²) >= 11 is 0. The summed E-state index contributed by atoms with van der Waals surface area (Å²) in [5.41, 5.74) is 2.77. The highest BCUT2D eigenvalue weighted by molar-refractivity contribution is 5.91. The van der Waals surface area contributed by atoms with Crippen LogP contribution in [0.4, 0.5) is 0 Å². The molecule has 3 heterocycles. The Morgan fingerprint density at radius 1 is 0.886 bits per heavy atom. The van der Waals surface area contributed by atoms with E-state index in [-0.39, 0.29) is 5.91 Å². The molecule has 5 rings (SSSR count). The minimum atomic E-state index is -0.0192. The fraction of sp³-hybridized carbons (Fsp3) is 0.433. The first-order chi connectivity index (χ1) is 17.2. The molecule has 2 aliphatic rings. The molecule has 5 heteroatoms. The zero-order chi connectivity index (χ0) is 23.9. The van der Waals surface area contributed by atoms with E-state index < -0.39 is 0 Å². The maximum absolute atomic E-state index is 12.6. The van der Waals surface area contributed by atoms with Crippen molar-refractivity contribution in [2.45, 2.75) is 38.6 Å². The van der Waals surface area contributed by atoms with Gasteiger partial charge in [0, 0.05) is 25.6 Å². The molecule has 2 aromatic carbocycles. The number of amides is 1. The van der Waals surface area contributed by atoms with Crippen molar-refractivity contribution < 1.29 is 13.9 Å². The summed E-state index contributed by atoms with van der Waals surface area (Å²) in [4.78, 5) is 17.1. The summed E-state index contributed by atoms with van der Waals surface area (Å²) in [6.45, 7) is 5.43. The number of furan rings is 1. The van der Waals surface area contributed by atoms with Crippen molar-refractivity contribution in [3.63, 3.8) is 0 Å². The van der Waals surface area contributed by atoms with Crippen LogP contribution in [0.25, 0.3) is 0 Å². The minimum Gasteiger partial charge on any atom is -0.493 e. The highest BCUT2D eigenvalue weighted by Gasteiger charge is 2.26. The van der Waals surface area contributed by atoms with E-state index in [1.54, 1.807) is 18.4 Å². The molecule has 0 spiro atoms. The van der Waals surface area contributed by atoms with Gasteiger partial charge in [-0.2, -0.15) is 0 Å². The van der Waals surface area contributed by atoms with Crippen molar-refractivity contribution in [2.75, 3.05) is 32.8 Å². The van der Waals surface area contributed by atoms with E-state index >= 15 is 0 Å². The quantitative estimate of drug-likeness (QED) is 0.424. The Morgan fingerprint density at radius 2 is 1.71 bits per heavy atom. The first-order valence-electron chi connectivity index (χ1n) is 13.0. The van der Waals surface area contributed by atoms with Crippen LogP contribution in [0.15, 0.2) is 77.4 Å². The molecule has 0 N–H and O–H groups in total. The van der Waals surface area contributed by atoms with Crippen molar-refractivity contribution >= 4 is 5.91 Å². The number of carbonyl (C=O) groups excluding carboxylic acids is 1. The second kappa shape index (κ2) is 11.6. The maximum atomic E-state index is 12.6. The van der Waals surface area contributed by atoms with Crippen molar-refractivity contribution in [2.24, 2.45) is 11.8 Å². The molecule has 2 fully saturated rings. The number of carbonyl (C=O) groups is 1. The molecule has 1 aromatic heterocycles. The summed E-state index contributed by atoms with van der Waals surface area (Å²) < 4.78 is 11.5. The Hall–Kier alpha value is -3.05. The largest absolute Gasteiger partial charge is 0.493 e. The lowest BCUT2D eigenvalue weighted by atomic mass is 9.90. The number of rotatable bonds is 8. The minimum absolute atomic E-state index is 0.0192. The lowest BCUT2D eigenvalue weighted by molar-refractivity contribution is 0.0602. The summed E-state index contributed by atoms with van der Waals surface area (Å²) in [6, 6.07) is 22.9. The van der Waals surface area contributed by atoms with Gasteiger partial charge in [0.15, 0.2) is 5.76 Å². The van der Waals surface area contributed by atoms with E-state index in [0.717, 1.165) is 57.2 Å². The number of ether oxygens (including phenoxy) is 1. The van der Waals surface area contributed by atoms with E-state index in [0.29, 0.717) is 18.3 Å². The smallest absolute Gasteiger partial charge is 0.289 e. The lowest BCUT2D eigenvalue weighted by Crippen LogP contribution is -2.41. The molecule has 5 nitrogen and oxygen atoms in total. The van der Waals surface area contributed by atoms with Crippen molar-refractivity contribution in [3.8, 4) is 5.75 Å². The average Bonchev–Trinajstić information content (AvgIpc) is 3.44. The van der Waals surface area contributed by atoms with Crippen LogP contribution in [-0.4, -0.2) is 48.5 Å². The van der Waals surface area contributed by atoms with Gasteiger partial charge in [0.2, 0.25) is 0 Å². The van der Waals surface area contributed by atoms with Gasteiger partial charge in [0.05, 0.1) is 12.9 Å². The molecule has 2 saturated heterocycles. The standard InChI is InChI=1S/C30H36N2O3/c33-30(29-12-6-18-34-29)32-15-5-10-27(22-32)23-35-28-11-4-9-26(20-28)21-31-16-13-25(14-17-31)19-24-7-2-1-3-8-24/h1-4,6-9,11-12,18,20,25,27H,5,10,13-17,19,21-23H2. The Labute approximate surface area is 208 Å². The second-order valence-electron chi connectivity index (χ2n) is 10.1. The van der Waals surface area contributed by atoms with Crippen LogP contribution in [0.5, 0.6) is 5.75 Å².